The SMILES string of the molecule is c1ccc(-c2cc(-c3ccccc3)cc(-c3ccc(N(c4cccc5oc6c7ccccc7ccc6c45)c4cccc5sc6ccccc6c45)cc3)c2)cc1. The molecule has 0 aliphatic rings. The molecule has 0 aliphatic carbocycles. The zero-order chi connectivity index (χ0) is 36.3. The van der Waals surface area contributed by atoms with Crippen LogP contribution in [0.4, 0.5) is 17.1 Å². The van der Waals surface area contributed by atoms with Crippen LogP contribution in [-0.2, 0) is 0 Å². The molecule has 0 unspecified atom stereocenters. The first-order valence-electron chi connectivity index (χ1n) is 18.7. The molecule has 0 atom stereocenters. The number of furan rings is 1. The van der Waals surface area contributed by atoms with Crippen molar-refractivity contribution in [2.75, 3.05) is 4.90 Å². The highest BCUT2D eigenvalue weighted by molar-refractivity contribution is 7.26. The second kappa shape index (κ2) is 12.9. The fraction of sp³-hybridized carbons (Fsp3) is 0. The van der Waals surface area contributed by atoms with Crippen molar-refractivity contribution in [2.24, 2.45) is 0 Å². The molecule has 0 amide bonds. The first-order valence-corrected chi connectivity index (χ1v) is 19.5. The molecule has 0 saturated carbocycles. The van der Waals surface area contributed by atoms with E-state index in [2.05, 4.69) is 205 Å². The Kier molecular flexibility index (Phi) is 7.39. The maximum Gasteiger partial charge on any atom is 0.143 e. The van der Waals surface area contributed by atoms with Crippen LogP contribution in [0.1, 0.15) is 0 Å². The van der Waals surface area contributed by atoms with Crippen LogP contribution in [0.15, 0.2) is 205 Å². The van der Waals surface area contributed by atoms with Crippen molar-refractivity contribution in [1.29, 1.82) is 0 Å². The summed E-state index contributed by atoms with van der Waals surface area (Å²) >= 11 is 1.85. The summed E-state index contributed by atoms with van der Waals surface area (Å²) in [6, 6.07) is 72.2. The molecule has 9 aromatic carbocycles. The molecule has 11 rings (SSSR count). The fourth-order valence-corrected chi connectivity index (χ4v) is 9.39. The molecule has 0 fully saturated rings. The summed E-state index contributed by atoms with van der Waals surface area (Å²) in [4.78, 5) is 2.44. The lowest BCUT2D eigenvalue weighted by molar-refractivity contribution is 0.672. The van der Waals surface area contributed by atoms with Crippen molar-refractivity contribution in [3.63, 3.8) is 0 Å². The van der Waals surface area contributed by atoms with Crippen LogP contribution >= 0.6 is 11.3 Å². The highest BCUT2D eigenvalue weighted by Gasteiger charge is 2.23. The Bertz CT molecular complexity index is 3140. The van der Waals surface area contributed by atoms with Gasteiger partial charge in [-0.05, 0) is 105 Å². The smallest absolute Gasteiger partial charge is 0.143 e. The second-order valence-electron chi connectivity index (χ2n) is 14.1. The standard InChI is InChI=1S/C52H33NOS/c1-3-13-34(14-4-1)38-31-39(35-15-5-2-6-16-35)33-40(32-38)36-25-28-41(29-26-36)53(46-21-12-24-49-51(46)43-19-9-10-23-48(43)55-49)45-20-11-22-47-50(45)44-30-27-37-17-7-8-18-42(37)52(44)54-47/h1-33H. The van der Waals surface area contributed by atoms with Crippen molar-refractivity contribution in [2.45, 2.75) is 0 Å². The first kappa shape index (κ1) is 31.6. The van der Waals surface area contributed by atoms with Crippen LogP contribution < -0.4 is 4.90 Å². The Labute approximate surface area is 322 Å². The monoisotopic (exact) mass is 719 g/mol. The van der Waals surface area contributed by atoms with Crippen molar-refractivity contribution < 1.29 is 4.42 Å². The number of rotatable bonds is 6. The molecular formula is C52H33NOS. The minimum absolute atomic E-state index is 0.874. The molecule has 2 aromatic heterocycles. The third kappa shape index (κ3) is 5.32. The third-order valence-corrected chi connectivity index (χ3v) is 12.0. The highest BCUT2D eigenvalue weighted by Crippen LogP contribution is 2.49. The topological polar surface area (TPSA) is 16.4 Å². The lowest BCUT2D eigenvalue weighted by atomic mass is 9.93. The predicted molar refractivity (Wildman–Crippen MR) is 235 cm³/mol. The van der Waals surface area contributed by atoms with Crippen molar-refractivity contribution in [3.8, 4) is 33.4 Å². The van der Waals surface area contributed by atoms with E-state index in [9.17, 15) is 0 Å². The van der Waals surface area contributed by atoms with E-state index < -0.39 is 0 Å². The number of anilines is 3. The lowest BCUT2D eigenvalue weighted by Crippen LogP contribution is -2.10. The summed E-state index contributed by atoms with van der Waals surface area (Å²) in [5.74, 6) is 0. The van der Waals surface area contributed by atoms with Crippen molar-refractivity contribution in [1.82, 2.24) is 0 Å². The molecule has 0 radical (unpaired) electrons. The van der Waals surface area contributed by atoms with E-state index in [4.69, 9.17) is 4.42 Å². The van der Waals surface area contributed by atoms with Gasteiger partial charge < -0.3 is 9.32 Å². The summed E-state index contributed by atoms with van der Waals surface area (Å²) in [5.41, 5.74) is 12.2. The van der Waals surface area contributed by atoms with Crippen LogP contribution in [0.2, 0.25) is 0 Å². The van der Waals surface area contributed by atoms with Gasteiger partial charge in [0, 0.05) is 36.6 Å². The van der Waals surface area contributed by atoms with Gasteiger partial charge in [-0.3, -0.25) is 0 Å². The van der Waals surface area contributed by atoms with E-state index in [0.29, 0.717) is 0 Å². The Balaban J connectivity index is 1.13. The number of benzene rings is 9. The molecule has 2 nitrogen and oxygen atoms in total. The first-order chi connectivity index (χ1) is 27.3. The summed E-state index contributed by atoms with van der Waals surface area (Å²) in [6.07, 6.45) is 0. The number of thiophene rings is 1. The molecule has 3 heteroatoms. The van der Waals surface area contributed by atoms with Gasteiger partial charge in [0.2, 0.25) is 0 Å². The Hall–Kier alpha value is -6.94. The van der Waals surface area contributed by atoms with Crippen molar-refractivity contribution >= 4 is 81.3 Å². The maximum absolute atomic E-state index is 6.72. The number of hydrogen-bond acceptors (Lipinski definition) is 3. The van der Waals surface area contributed by atoms with E-state index >= 15 is 0 Å². The van der Waals surface area contributed by atoms with E-state index in [1.807, 2.05) is 11.3 Å². The zero-order valence-electron chi connectivity index (χ0n) is 29.8. The Morgan fingerprint density at radius 1 is 0.364 bits per heavy atom. The summed E-state index contributed by atoms with van der Waals surface area (Å²) < 4.78 is 9.27. The van der Waals surface area contributed by atoms with E-state index in [-0.39, 0.29) is 0 Å². The molecule has 0 aliphatic heterocycles. The molecule has 258 valence electrons. The summed E-state index contributed by atoms with van der Waals surface area (Å²) in [5, 5.41) is 7.03. The van der Waals surface area contributed by atoms with Gasteiger partial charge in [0.25, 0.3) is 0 Å². The van der Waals surface area contributed by atoms with E-state index in [0.717, 1.165) is 50.0 Å². The van der Waals surface area contributed by atoms with Gasteiger partial charge in [-0.15, -0.1) is 11.3 Å². The molecule has 0 saturated heterocycles. The molecule has 0 N–H and O–H groups in total. The van der Waals surface area contributed by atoms with E-state index in [1.165, 1.54) is 53.4 Å². The quantitative estimate of drug-likeness (QED) is 0.170. The van der Waals surface area contributed by atoms with Gasteiger partial charge in [0.05, 0.1) is 16.8 Å². The van der Waals surface area contributed by atoms with Crippen LogP contribution in [0.3, 0.4) is 0 Å². The number of fused-ring (bicyclic) bond motifs is 8. The Morgan fingerprint density at radius 2 is 0.927 bits per heavy atom. The van der Waals surface area contributed by atoms with Crippen molar-refractivity contribution in [3.05, 3.63) is 200 Å². The van der Waals surface area contributed by atoms with Gasteiger partial charge in [-0.25, -0.2) is 0 Å². The fourth-order valence-electron chi connectivity index (χ4n) is 8.26. The molecular weight excluding hydrogens is 687 g/mol. The third-order valence-electron chi connectivity index (χ3n) is 10.8. The summed E-state index contributed by atoms with van der Waals surface area (Å²) in [6.45, 7) is 0. The average Bonchev–Trinajstić information content (AvgIpc) is 3.84. The normalized spacial score (nSPS) is 11.6. The lowest BCUT2D eigenvalue weighted by Gasteiger charge is -2.27. The predicted octanol–water partition coefficient (Wildman–Crippen LogP) is 15.6. The minimum atomic E-state index is 0.874. The molecule has 2 heterocycles. The van der Waals surface area contributed by atoms with Crippen LogP contribution in [0, 0.1) is 0 Å². The minimum Gasteiger partial charge on any atom is -0.455 e. The number of hydrogen-bond donors (Lipinski definition) is 0. The van der Waals surface area contributed by atoms with Crippen LogP contribution in [-0.4, -0.2) is 0 Å². The Morgan fingerprint density at radius 3 is 1.64 bits per heavy atom. The maximum atomic E-state index is 6.72. The van der Waals surface area contributed by atoms with Gasteiger partial charge in [0.1, 0.15) is 11.2 Å². The van der Waals surface area contributed by atoms with Crippen LogP contribution in [0.5, 0.6) is 0 Å². The second-order valence-corrected chi connectivity index (χ2v) is 15.2. The molecule has 11 aromatic rings. The van der Waals surface area contributed by atoms with Gasteiger partial charge in [0.15, 0.2) is 0 Å². The van der Waals surface area contributed by atoms with Gasteiger partial charge in [-0.1, -0.05) is 133 Å². The largest absolute Gasteiger partial charge is 0.455 e. The van der Waals surface area contributed by atoms with Gasteiger partial charge >= 0.3 is 0 Å². The van der Waals surface area contributed by atoms with Crippen LogP contribution in [0.25, 0.3) is 86.3 Å². The average molecular weight is 720 g/mol. The number of nitrogens with zero attached hydrogens (tertiary/aromatic N) is 1. The molecule has 0 spiro atoms. The van der Waals surface area contributed by atoms with Gasteiger partial charge in [-0.2, -0.15) is 0 Å². The molecule has 0 bridgehead atoms. The zero-order valence-corrected chi connectivity index (χ0v) is 30.6. The molecule has 55 heavy (non-hydrogen) atoms. The van der Waals surface area contributed by atoms with E-state index in [1.54, 1.807) is 0 Å². The highest BCUT2D eigenvalue weighted by atomic mass is 32.1. The summed E-state index contributed by atoms with van der Waals surface area (Å²) in [7, 11) is 0.